The lowest BCUT2D eigenvalue weighted by atomic mass is 10.1. The summed E-state index contributed by atoms with van der Waals surface area (Å²) in [6.45, 7) is 3.51. The summed E-state index contributed by atoms with van der Waals surface area (Å²) in [4.78, 5) is 18.1. The molecule has 26 heavy (non-hydrogen) atoms. The van der Waals surface area contributed by atoms with Gasteiger partial charge < -0.3 is 9.80 Å². The van der Waals surface area contributed by atoms with E-state index >= 15 is 0 Å². The van der Waals surface area contributed by atoms with E-state index in [9.17, 15) is 0 Å². The van der Waals surface area contributed by atoms with E-state index in [0.717, 1.165) is 50.1 Å². The summed E-state index contributed by atoms with van der Waals surface area (Å²) in [5, 5.41) is 0.702. The van der Waals surface area contributed by atoms with E-state index in [4.69, 9.17) is 16.6 Å². The molecule has 0 bridgehead atoms. The summed E-state index contributed by atoms with van der Waals surface area (Å²) < 4.78 is 0. The highest BCUT2D eigenvalue weighted by Crippen LogP contribution is 2.24. The number of piperazine rings is 1. The van der Waals surface area contributed by atoms with Crippen LogP contribution in [0.2, 0.25) is 5.02 Å². The Kier molecular flexibility index (Phi) is 4.97. The molecule has 1 aliphatic heterocycles. The highest BCUT2D eigenvalue weighted by molar-refractivity contribution is 6.32. The molecule has 0 saturated carbocycles. The zero-order chi connectivity index (χ0) is 17.8. The molecule has 6 heteroatoms. The molecule has 1 aliphatic rings. The van der Waals surface area contributed by atoms with Gasteiger partial charge in [0, 0.05) is 45.0 Å². The minimum Gasteiger partial charge on any atom is -0.353 e. The van der Waals surface area contributed by atoms with Crippen LogP contribution < -0.4 is 9.80 Å². The van der Waals surface area contributed by atoms with Crippen molar-refractivity contribution < 1.29 is 0 Å². The summed E-state index contributed by atoms with van der Waals surface area (Å²) in [6.07, 6.45) is 4.38. The van der Waals surface area contributed by atoms with Crippen LogP contribution in [0.3, 0.4) is 0 Å². The second kappa shape index (κ2) is 7.70. The molecular weight excluding hydrogens is 346 g/mol. The number of rotatable bonds is 4. The fourth-order valence-corrected chi connectivity index (χ4v) is 3.43. The molecule has 4 rings (SSSR count). The van der Waals surface area contributed by atoms with Crippen LogP contribution in [0.25, 0.3) is 0 Å². The van der Waals surface area contributed by atoms with Gasteiger partial charge in [-0.25, -0.2) is 15.0 Å². The van der Waals surface area contributed by atoms with Crippen LogP contribution in [0.15, 0.2) is 60.9 Å². The second-order valence-electron chi connectivity index (χ2n) is 6.28. The molecule has 1 saturated heterocycles. The summed E-state index contributed by atoms with van der Waals surface area (Å²) in [6, 6.07) is 16.0. The van der Waals surface area contributed by atoms with Crippen LogP contribution in [-0.2, 0) is 6.42 Å². The molecule has 0 radical (unpaired) electrons. The summed E-state index contributed by atoms with van der Waals surface area (Å²) in [5.74, 6) is 2.70. The average Bonchev–Trinajstić information content (AvgIpc) is 2.70. The van der Waals surface area contributed by atoms with Gasteiger partial charge in [-0.05, 0) is 23.8 Å². The van der Waals surface area contributed by atoms with Gasteiger partial charge in [0.05, 0.1) is 5.02 Å². The predicted molar refractivity (Wildman–Crippen MR) is 105 cm³/mol. The molecule has 0 amide bonds. The fraction of sp³-hybridized carbons (Fsp3) is 0.250. The van der Waals surface area contributed by atoms with E-state index in [1.165, 1.54) is 5.56 Å². The number of halogens is 1. The van der Waals surface area contributed by atoms with Crippen LogP contribution in [-0.4, -0.2) is 41.1 Å². The molecule has 3 heterocycles. The number of aromatic nitrogens is 3. The predicted octanol–water partition coefficient (Wildman–Crippen LogP) is 3.44. The number of benzene rings is 1. The third-order valence-corrected chi connectivity index (χ3v) is 4.83. The number of pyridine rings is 1. The lowest BCUT2D eigenvalue weighted by Crippen LogP contribution is -2.47. The number of nitrogens with zero attached hydrogens (tertiary/aromatic N) is 5. The zero-order valence-electron chi connectivity index (χ0n) is 14.4. The molecule has 5 nitrogen and oxygen atoms in total. The standard InChI is InChI=1S/C20H20ClN5/c21-17-7-4-9-23-20(17)26-13-11-25(12-14-26)19-8-10-22-18(24-19)15-16-5-2-1-3-6-16/h1-10H,11-15H2. The highest BCUT2D eigenvalue weighted by Gasteiger charge is 2.20. The third-order valence-electron chi connectivity index (χ3n) is 4.54. The maximum absolute atomic E-state index is 6.27. The van der Waals surface area contributed by atoms with Crippen molar-refractivity contribution >= 4 is 23.2 Å². The van der Waals surface area contributed by atoms with Crippen LogP contribution in [0, 0.1) is 0 Å². The summed E-state index contributed by atoms with van der Waals surface area (Å²) >= 11 is 6.27. The van der Waals surface area contributed by atoms with Gasteiger partial charge in [0.25, 0.3) is 0 Å². The molecule has 1 aromatic carbocycles. The molecule has 2 aromatic heterocycles. The molecule has 0 spiro atoms. The first-order valence-electron chi connectivity index (χ1n) is 8.76. The van der Waals surface area contributed by atoms with Gasteiger partial charge in [-0.15, -0.1) is 0 Å². The molecule has 132 valence electrons. The number of hydrogen-bond donors (Lipinski definition) is 0. The molecule has 0 atom stereocenters. The Hall–Kier alpha value is -2.66. The van der Waals surface area contributed by atoms with Crippen LogP contribution in [0.5, 0.6) is 0 Å². The average molecular weight is 366 g/mol. The van der Waals surface area contributed by atoms with Gasteiger partial charge in [0.1, 0.15) is 17.5 Å². The van der Waals surface area contributed by atoms with E-state index < -0.39 is 0 Å². The first-order chi connectivity index (χ1) is 12.8. The molecular formula is C20H20ClN5. The van der Waals surface area contributed by atoms with Crippen molar-refractivity contribution in [2.24, 2.45) is 0 Å². The maximum atomic E-state index is 6.27. The Bertz CT molecular complexity index is 863. The van der Waals surface area contributed by atoms with E-state index in [2.05, 4.69) is 31.9 Å². The Morgan fingerprint density at radius 2 is 1.58 bits per heavy atom. The normalized spacial score (nSPS) is 14.5. The Morgan fingerprint density at radius 3 is 2.35 bits per heavy atom. The summed E-state index contributed by atoms with van der Waals surface area (Å²) in [7, 11) is 0. The molecule has 0 unspecified atom stereocenters. The van der Waals surface area contributed by atoms with Gasteiger partial charge in [0.2, 0.25) is 0 Å². The molecule has 0 aliphatic carbocycles. The van der Waals surface area contributed by atoms with Crippen molar-refractivity contribution in [3.63, 3.8) is 0 Å². The smallest absolute Gasteiger partial charge is 0.147 e. The van der Waals surface area contributed by atoms with Crippen molar-refractivity contribution in [1.82, 2.24) is 15.0 Å². The Labute approximate surface area is 158 Å². The van der Waals surface area contributed by atoms with E-state index in [1.54, 1.807) is 6.20 Å². The van der Waals surface area contributed by atoms with Crippen LogP contribution in [0.4, 0.5) is 11.6 Å². The van der Waals surface area contributed by atoms with Gasteiger partial charge in [-0.2, -0.15) is 0 Å². The first-order valence-corrected chi connectivity index (χ1v) is 9.14. The maximum Gasteiger partial charge on any atom is 0.147 e. The van der Waals surface area contributed by atoms with E-state index in [1.807, 2.05) is 42.6 Å². The van der Waals surface area contributed by atoms with Gasteiger partial charge >= 0.3 is 0 Å². The highest BCUT2D eigenvalue weighted by atomic mass is 35.5. The minimum atomic E-state index is 0.702. The van der Waals surface area contributed by atoms with E-state index in [0.29, 0.717) is 5.02 Å². The topological polar surface area (TPSA) is 45.2 Å². The van der Waals surface area contributed by atoms with Crippen LogP contribution in [0.1, 0.15) is 11.4 Å². The first kappa shape index (κ1) is 16.8. The SMILES string of the molecule is Clc1cccnc1N1CCN(c2ccnc(Cc3ccccc3)n2)CC1. The van der Waals surface area contributed by atoms with Crippen molar-refractivity contribution in [2.75, 3.05) is 36.0 Å². The van der Waals surface area contributed by atoms with Gasteiger partial charge in [-0.3, -0.25) is 0 Å². The quantitative estimate of drug-likeness (QED) is 0.708. The van der Waals surface area contributed by atoms with Gasteiger partial charge in [0.15, 0.2) is 0 Å². The monoisotopic (exact) mass is 365 g/mol. The molecule has 3 aromatic rings. The summed E-state index contributed by atoms with van der Waals surface area (Å²) in [5.41, 5.74) is 1.22. The molecule has 0 N–H and O–H groups in total. The third kappa shape index (κ3) is 3.78. The molecule has 1 fully saturated rings. The van der Waals surface area contributed by atoms with Crippen LogP contribution >= 0.6 is 11.6 Å². The lowest BCUT2D eigenvalue weighted by molar-refractivity contribution is 0.639. The van der Waals surface area contributed by atoms with Crippen molar-refractivity contribution in [3.8, 4) is 0 Å². The van der Waals surface area contributed by atoms with E-state index in [-0.39, 0.29) is 0 Å². The minimum absolute atomic E-state index is 0.702. The van der Waals surface area contributed by atoms with Gasteiger partial charge in [-0.1, -0.05) is 41.9 Å². The number of anilines is 2. The Morgan fingerprint density at radius 1 is 0.808 bits per heavy atom. The number of hydrogen-bond acceptors (Lipinski definition) is 5. The van der Waals surface area contributed by atoms with Crippen molar-refractivity contribution in [3.05, 3.63) is 77.3 Å². The van der Waals surface area contributed by atoms with Crippen molar-refractivity contribution in [1.29, 1.82) is 0 Å². The van der Waals surface area contributed by atoms with Crippen molar-refractivity contribution in [2.45, 2.75) is 6.42 Å². The Balaban J connectivity index is 1.43. The second-order valence-corrected chi connectivity index (χ2v) is 6.68. The zero-order valence-corrected chi connectivity index (χ0v) is 15.2. The largest absolute Gasteiger partial charge is 0.353 e. The fourth-order valence-electron chi connectivity index (χ4n) is 3.19. The lowest BCUT2D eigenvalue weighted by Gasteiger charge is -2.36.